The van der Waals surface area contributed by atoms with Gasteiger partial charge in [-0.3, -0.25) is 4.79 Å². The fourth-order valence-corrected chi connectivity index (χ4v) is 3.19. The Labute approximate surface area is 159 Å². The lowest BCUT2D eigenvalue weighted by Gasteiger charge is -2.18. The largest absolute Gasteiger partial charge is 0.471 e. The summed E-state index contributed by atoms with van der Waals surface area (Å²) in [6.07, 6.45) is 0.642. The molecule has 2 aromatic rings. The fourth-order valence-electron chi connectivity index (χ4n) is 2.63. The molecule has 3 rings (SSSR count). The minimum absolute atomic E-state index is 0.0913. The van der Waals surface area contributed by atoms with E-state index in [0.717, 1.165) is 16.7 Å². The zero-order valence-electron chi connectivity index (χ0n) is 13.9. The molecule has 1 aromatic carbocycles. The number of likely N-dealkylation sites (tertiary alicyclic amines) is 1. The molecule has 0 N–H and O–H groups in total. The molecule has 2 heterocycles. The Hall–Kier alpha value is -1.86. The third-order valence-electron chi connectivity index (χ3n) is 3.96. The number of hydrogen-bond acceptors (Lipinski definition) is 5. The fraction of sp³-hybridized carbons (Fsp3) is 0.353. The average molecular weight is 426 g/mol. The summed E-state index contributed by atoms with van der Waals surface area (Å²) in [6.45, 7) is 1.12. The minimum Gasteiger partial charge on any atom is -0.471 e. The molecule has 1 unspecified atom stereocenters. The van der Waals surface area contributed by atoms with Gasteiger partial charge in [-0.25, -0.2) is 0 Å². The molecule has 1 atom stereocenters. The van der Waals surface area contributed by atoms with Crippen molar-refractivity contribution in [2.24, 2.45) is 0 Å². The van der Waals surface area contributed by atoms with E-state index in [1.54, 1.807) is 23.1 Å². The van der Waals surface area contributed by atoms with Crippen LogP contribution in [-0.4, -0.2) is 54.3 Å². The maximum absolute atomic E-state index is 12.7. The van der Waals surface area contributed by atoms with Crippen LogP contribution in [0.15, 0.2) is 34.8 Å². The Kier molecular flexibility index (Phi) is 5.44. The van der Waals surface area contributed by atoms with E-state index in [1.165, 1.54) is 0 Å². The number of nitrogens with zero attached hydrogens (tertiary/aromatic N) is 4. The minimum atomic E-state index is -0.102. The molecule has 1 amide bonds. The van der Waals surface area contributed by atoms with Crippen LogP contribution in [0.5, 0.6) is 5.88 Å². The summed E-state index contributed by atoms with van der Waals surface area (Å²) in [5.41, 5.74) is 0.492. The summed E-state index contributed by atoms with van der Waals surface area (Å²) in [5.74, 6) is 1.14. The normalized spacial score (nSPS) is 16.8. The van der Waals surface area contributed by atoms with Gasteiger partial charge in [0.15, 0.2) is 5.82 Å². The van der Waals surface area contributed by atoms with Crippen molar-refractivity contribution >= 4 is 39.3 Å². The number of carbonyl (C=O) groups excluding carboxylic acids is 1. The van der Waals surface area contributed by atoms with Crippen molar-refractivity contribution in [2.45, 2.75) is 12.5 Å². The molecule has 8 heteroatoms. The number of halogens is 2. The monoisotopic (exact) mass is 424 g/mol. The molecule has 0 saturated carbocycles. The van der Waals surface area contributed by atoms with E-state index >= 15 is 0 Å². The third-order valence-corrected chi connectivity index (χ3v) is 4.79. The quantitative estimate of drug-likeness (QED) is 0.752. The van der Waals surface area contributed by atoms with E-state index < -0.39 is 0 Å². The highest BCUT2D eigenvalue weighted by Crippen LogP contribution is 2.25. The zero-order chi connectivity index (χ0) is 18.0. The van der Waals surface area contributed by atoms with Crippen molar-refractivity contribution in [3.8, 4) is 5.88 Å². The van der Waals surface area contributed by atoms with Crippen molar-refractivity contribution in [3.05, 3.63) is 45.4 Å². The molecule has 0 aliphatic carbocycles. The lowest BCUT2D eigenvalue weighted by atomic mass is 10.2. The predicted molar refractivity (Wildman–Crippen MR) is 100 cm³/mol. The number of hydrogen-bond donors (Lipinski definition) is 0. The second-order valence-electron chi connectivity index (χ2n) is 6.03. The maximum atomic E-state index is 12.7. The number of benzene rings is 1. The lowest BCUT2D eigenvalue weighted by Crippen LogP contribution is -2.31. The van der Waals surface area contributed by atoms with Crippen molar-refractivity contribution < 1.29 is 9.53 Å². The van der Waals surface area contributed by atoms with Gasteiger partial charge >= 0.3 is 0 Å². The molecule has 1 fully saturated rings. The molecular weight excluding hydrogens is 408 g/mol. The van der Waals surface area contributed by atoms with Crippen molar-refractivity contribution in [1.29, 1.82) is 0 Å². The van der Waals surface area contributed by atoms with Crippen LogP contribution in [-0.2, 0) is 0 Å². The first-order valence-electron chi connectivity index (χ1n) is 7.86. The molecule has 0 radical (unpaired) electrons. The molecule has 0 bridgehead atoms. The van der Waals surface area contributed by atoms with Gasteiger partial charge in [-0.05, 0) is 24.3 Å². The van der Waals surface area contributed by atoms with Crippen LogP contribution < -0.4 is 9.64 Å². The van der Waals surface area contributed by atoms with Gasteiger partial charge in [0.1, 0.15) is 6.10 Å². The summed E-state index contributed by atoms with van der Waals surface area (Å²) in [4.78, 5) is 16.3. The van der Waals surface area contributed by atoms with Gasteiger partial charge in [-0.15, -0.1) is 10.2 Å². The SMILES string of the molecule is CN(C)c1ccc(OC2CCN(C(=O)c3cc(Br)ccc3Cl)C2)nn1. The average Bonchev–Trinajstić information content (AvgIpc) is 3.05. The number of amides is 1. The summed E-state index contributed by atoms with van der Waals surface area (Å²) in [6, 6.07) is 8.90. The molecule has 0 spiro atoms. The highest BCUT2D eigenvalue weighted by molar-refractivity contribution is 9.10. The van der Waals surface area contributed by atoms with Crippen LogP contribution in [0.1, 0.15) is 16.8 Å². The second-order valence-corrected chi connectivity index (χ2v) is 7.35. The molecule has 132 valence electrons. The maximum Gasteiger partial charge on any atom is 0.255 e. The highest BCUT2D eigenvalue weighted by atomic mass is 79.9. The van der Waals surface area contributed by atoms with Crippen LogP contribution in [0, 0.1) is 0 Å². The van der Waals surface area contributed by atoms with Crippen LogP contribution in [0.4, 0.5) is 5.82 Å². The molecule has 1 aliphatic rings. The molecule has 1 aromatic heterocycles. The van der Waals surface area contributed by atoms with Crippen molar-refractivity contribution in [3.63, 3.8) is 0 Å². The van der Waals surface area contributed by atoms with E-state index in [4.69, 9.17) is 16.3 Å². The summed E-state index contributed by atoms with van der Waals surface area (Å²) in [7, 11) is 3.80. The van der Waals surface area contributed by atoms with E-state index in [-0.39, 0.29) is 12.0 Å². The van der Waals surface area contributed by atoms with Gasteiger partial charge in [-0.2, -0.15) is 0 Å². The summed E-state index contributed by atoms with van der Waals surface area (Å²) >= 11 is 9.53. The van der Waals surface area contributed by atoms with E-state index in [9.17, 15) is 4.79 Å². The Morgan fingerprint density at radius 1 is 1.32 bits per heavy atom. The number of ether oxygens (including phenoxy) is 1. The Bertz CT molecular complexity index is 770. The van der Waals surface area contributed by atoms with Gasteiger partial charge in [0.25, 0.3) is 5.91 Å². The predicted octanol–water partition coefficient (Wildman–Crippen LogP) is 3.25. The van der Waals surface area contributed by atoms with Gasteiger partial charge in [0, 0.05) is 37.6 Å². The zero-order valence-corrected chi connectivity index (χ0v) is 16.3. The molecule has 6 nitrogen and oxygen atoms in total. The Balaban J connectivity index is 1.63. The Morgan fingerprint density at radius 2 is 2.12 bits per heavy atom. The Morgan fingerprint density at radius 3 is 2.80 bits per heavy atom. The van der Waals surface area contributed by atoms with Crippen LogP contribution in [0.2, 0.25) is 5.02 Å². The highest BCUT2D eigenvalue weighted by Gasteiger charge is 2.29. The summed E-state index contributed by atoms with van der Waals surface area (Å²) < 4.78 is 6.67. The van der Waals surface area contributed by atoms with E-state index in [1.807, 2.05) is 31.1 Å². The molecule has 1 aliphatic heterocycles. The first-order valence-corrected chi connectivity index (χ1v) is 9.03. The number of aromatic nitrogens is 2. The van der Waals surface area contributed by atoms with Crippen molar-refractivity contribution in [1.82, 2.24) is 15.1 Å². The van der Waals surface area contributed by atoms with Gasteiger partial charge in [-0.1, -0.05) is 27.5 Å². The van der Waals surface area contributed by atoms with E-state index in [2.05, 4.69) is 26.1 Å². The standard InChI is InChI=1S/C17H18BrClN4O2/c1-22(2)15-5-6-16(21-20-15)25-12-7-8-23(10-12)17(24)13-9-11(18)3-4-14(13)19/h3-6,9,12H,7-8,10H2,1-2H3. The molecular formula is C17H18BrClN4O2. The lowest BCUT2D eigenvalue weighted by molar-refractivity contribution is 0.0771. The topological polar surface area (TPSA) is 58.6 Å². The molecule has 1 saturated heterocycles. The van der Waals surface area contributed by atoms with Gasteiger partial charge in [0.05, 0.1) is 17.1 Å². The number of anilines is 1. The smallest absolute Gasteiger partial charge is 0.255 e. The third kappa shape index (κ3) is 4.22. The van der Waals surface area contributed by atoms with E-state index in [0.29, 0.717) is 29.6 Å². The summed E-state index contributed by atoms with van der Waals surface area (Å²) in [5, 5.41) is 8.61. The first kappa shape index (κ1) is 17.9. The van der Waals surface area contributed by atoms with Crippen LogP contribution >= 0.6 is 27.5 Å². The molecule has 25 heavy (non-hydrogen) atoms. The number of rotatable bonds is 4. The van der Waals surface area contributed by atoms with Crippen LogP contribution in [0.3, 0.4) is 0 Å². The van der Waals surface area contributed by atoms with Gasteiger partial charge < -0.3 is 14.5 Å². The first-order chi connectivity index (χ1) is 11.9. The number of carbonyl (C=O) groups is 1. The van der Waals surface area contributed by atoms with Gasteiger partial charge in [0.2, 0.25) is 5.88 Å². The van der Waals surface area contributed by atoms with Crippen molar-refractivity contribution in [2.75, 3.05) is 32.1 Å². The second kappa shape index (κ2) is 7.58. The van der Waals surface area contributed by atoms with Crippen LogP contribution in [0.25, 0.3) is 0 Å².